The van der Waals surface area contributed by atoms with Crippen LogP contribution in [-0.4, -0.2) is 4.57 Å². The molecule has 0 saturated carbocycles. The van der Waals surface area contributed by atoms with E-state index in [2.05, 4.69) is 242 Å². The fraction of sp³-hybridized carbons (Fsp3) is 0.0159. The summed E-state index contributed by atoms with van der Waals surface area (Å²) < 4.78 is 2.45. The Labute approximate surface area is 371 Å². The number of benzene rings is 12. The van der Waals surface area contributed by atoms with Crippen LogP contribution in [-0.2, 0) is 0 Å². The lowest BCUT2D eigenvalue weighted by molar-refractivity contribution is 1.18. The Morgan fingerprint density at radius 2 is 0.609 bits per heavy atom. The maximum atomic E-state index is 2.45. The largest absolute Gasteiger partial charge is 0.309 e. The van der Waals surface area contributed by atoms with Crippen molar-refractivity contribution in [1.82, 2.24) is 4.57 Å². The van der Waals surface area contributed by atoms with E-state index in [9.17, 15) is 0 Å². The van der Waals surface area contributed by atoms with Crippen molar-refractivity contribution < 1.29 is 0 Å². The third-order valence-electron chi connectivity index (χ3n) is 13.6. The van der Waals surface area contributed by atoms with Gasteiger partial charge in [0.05, 0.1) is 11.0 Å². The summed E-state index contributed by atoms with van der Waals surface area (Å²) in [7, 11) is 0. The topological polar surface area (TPSA) is 4.93 Å². The van der Waals surface area contributed by atoms with Crippen molar-refractivity contribution >= 4 is 75.7 Å². The van der Waals surface area contributed by atoms with Gasteiger partial charge >= 0.3 is 0 Å². The fourth-order valence-electron chi connectivity index (χ4n) is 10.4. The Morgan fingerprint density at radius 1 is 0.250 bits per heavy atom. The molecule has 0 bridgehead atoms. The van der Waals surface area contributed by atoms with E-state index in [-0.39, 0.29) is 0 Å². The van der Waals surface area contributed by atoms with Crippen molar-refractivity contribution in [3.63, 3.8) is 0 Å². The number of hydrogen-bond donors (Lipinski definition) is 0. The Hall–Kier alpha value is -8.26. The van der Waals surface area contributed by atoms with Gasteiger partial charge in [0.2, 0.25) is 0 Å². The number of fused-ring (bicyclic) bond motifs is 8. The summed E-state index contributed by atoms with van der Waals surface area (Å²) in [6.45, 7) is 2.16. The van der Waals surface area contributed by atoms with Crippen LogP contribution in [0, 0.1) is 6.92 Å². The maximum absolute atomic E-state index is 2.45. The molecule has 1 nitrogen and oxygen atoms in total. The van der Waals surface area contributed by atoms with Gasteiger partial charge in [0.25, 0.3) is 0 Å². The van der Waals surface area contributed by atoms with Gasteiger partial charge in [-0.1, -0.05) is 181 Å². The Bertz CT molecular complexity index is 3820. The minimum atomic E-state index is 1.14. The molecule has 0 unspecified atom stereocenters. The molecular weight excluding hydrogens is 771 g/mol. The molecule has 13 aromatic rings. The van der Waals surface area contributed by atoms with Crippen molar-refractivity contribution in [2.75, 3.05) is 0 Å². The van der Waals surface area contributed by atoms with E-state index in [0.717, 1.165) is 5.69 Å². The third kappa shape index (κ3) is 5.86. The molecule has 13 rings (SSSR count). The number of aryl methyl sites for hydroxylation is 1. The molecule has 0 N–H and O–H groups in total. The van der Waals surface area contributed by atoms with Gasteiger partial charge in [0.15, 0.2) is 0 Å². The SMILES string of the molecule is Cc1ccc2cc(-c3c4ccccc4c(-c4ccc(-n5c6ccc(-c7ccc8ccccc8c7)cc6c6cc(-c7ccc8ccccc8c7)ccc65)cc4)c4ccccc34)ccc2c1. The second-order valence-electron chi connectivity index (χ2n) is 17.4. The summed E-state index contributed by atoms with van der Waals surface area (Å²) in [5.41, 5.74) is 14.6. The van der Waals surface area contributed by atoms with Crippen LogP contribution >= 0.6 is 0 Å². The van der Waals surface area contributed by atoms with Crippen molar-refractivity contribution in [3.05, 3.63) is 236 Å². The van der Waals surface area contributed by atoms with Crippen LogP contribution in [0.2, 0.25) is 0 Å². The molecule has 64 heavy (non-hydrogen) atoms. The minimum absolute atomic E-state index is 1.14. The lowest BCUT2D eigenvalue weighted by Gasteiger charge is -2.18. The first-order valence-corrected chi connectivity index (χ1v) is 22.2. The zero-order valence-electron chi connectivity index (χ0n) is 35.4. The molecule has 0 aliphatic carbocycles. The lowest BCUT2D eigenvalue weighted by atomic mass is 9.85. The minimum Gasteiger partial charge on any atom is -0.309 e. The van der Waals surface area contributed by atoms with E-state index in [4.69, 9.17) is 0 Å². The van der Waals surface area contributed by atoms with Gasteiger partial charge < -0.3 is 4.57 Å². The first-order valence-electron chi connectivity index (χ1n) is 22.2. The van der Waals surface area contributed by atoms with E-state index in [1.165, 1.54) is 126 Å². The average Bonchev–Trinajstić information content (AvgIpc) is 3.68. The summed E-state index contributed by atoms with van der Waals surface area (Å²) in [6.07, 6.45) is 0. The first-order chi connectivity index (χ1) is 31.6. The molecule has 298 valence electrons. The third-order valence-corrected chi connectivity index (χ3v) is 13.6. The molecule has 0 saturated heterocycles. The summed E-state index contributed by atoms with van der Waals surface area (Å²) in [5.74, 6) is 0. The highest BCUT2D eigenvalue weighted by Crippen LogP contribution is 2.45. The van der Waals surface area contributed by atoms with Gasteiger partial charge in [-0.2, -0.15) is 0 Å². The monoisotopic (exact) mass is 811 g/mol. The molecule has 0 amide bonds. The van der Waals surface area contributed by atoms with Gasteiger partial charge in [-0.15, -0.1) is 0 Å². The number of nitrogens with zero attached hydrogens (tertiary/aromatic N) is 1. The van der Waals surface area contributed by atoms with Crippen LogP contribution in [0.15, 0.2) is 231 Å². The molecule has 0 aliphatic rings. The molecular formula is C63H41N. The second kappa shape index (κ2) is 14.4. The summed E-state index contributed by atoms with van der Waals surface area (Å²) in [5, 5.41) is 15.1. The molecule has 0 fully saturated rings. The van der Waals surface area contributed by atoms with Gasteiger partial charge in [0.1, 0.15) is 0 Å². The van der Waals surface area contributed by atoms with Crippen molar-refractivity contribution in [1.29, 1.82) is 0 Å². The summed E-state index contributed by atoms with van der Waals surface area (Å²) in [6, 6.07) is 85.7. The molecule has 1 aromatic heterocycles. The quantitative estimate of drug-likeness (QED) is 0.153. The Kier molecular flexibility index (Phi) is 8.20. The van der Waals surface area contributed by atoms with E-state index < -0.39 is 0 Å². The molecule has 1 heterocycles. The standard InChI is InChI=1S/C63H41N/c1-40-18-19-47-37-52(25-24-46(47)34-40)63-56-16-8-6-14-54(56)62(55-15-7-9-17-57(55)63)43-26-30-53(31-27-43)64-60-32-28-50(48-22-20-41-10-2-4-12-44(41)35-48)38-58(60)59-39-51(29-33-61(59)64)49-23-21-42-11-3-5-13-45(42)36-49/h2-39H,1H3. The van der Waals surface area contributed by atoms with Crippen molar-refractivity contribution in [3.8, 4) is 50.2 Å². The molecule has 0 radical (unpaired) electrons. The van der Waals surface area contributed by atoms with Crippen LogP contribution in [0.3, 0.4) is 0 Å². The normalized spacial score (nSPS) is 11.8. The highest BCUT2D eigenvalue weighted by Gasteiger charge is 2.19. The molecule has 0 atom stereocenters. The van der Waals surface area contributed by atoms with Gasteiger partial charge in [-0.25, -0.2) is 0 Å². The van der Waals surface area contributed by atoms with Crippen LogP contribution in [0.5, 0.6) is 0 Å². The Balaban J connectivity index is 0.980. The van der Waals surface area contributed by atoms with Crippen LogP contribution in [0.4, 0.5) is 0 Å². The predicted molar refractivity (Wildman–Crippen MR) is 275 cm³/mol. The smallest absolute Gasteiger partial charge is 0.0541 e. The van der Waals surface area contributed by atoms with Crippen molar-refractivity contribution in [2.24, 2.45) is 0 Å². The highest BCUT2D eigenvalue weighted by atomic mass is 15.0. The van der Waals surface area contributed by atoms with E-state index >= 15 is 0 Å². The number of hydrogen-bond acceptors (Lipinski definition) is 0. The van der Waals surface area contributed by atoms with Crippen LogP contribution in [0.1, 0.15) is 5.56 Å². The van der Waals surface area contributed by atoms with Crippen LogP contribution < -0.4 is 0 Å². The lowest BCUT2D eigenvalue weighted by Crippen LogP contribution is -1.95. The molecule has 0 aliphatic heterocycles. The number of aromatic nitrogens is 1. The van der Waals surface area contributed by atoms with E-state index in [1.807, 2.05) is 0 Å². The zero-order chi connectivity index (χ0) is 42.3. The van der Waals surface area contributed by atoms with Crippen LogP contribution in [0.25, 0.3) is 126 Å². The zero-order valence-corrected chi connectivity index (χ0v) is 35.4. The van der Waals surface area contributed by atoms with Gasteiger partial charge in [0, 0.05) is 16.5 Å². The molecule has 0 spiro atoms. The summed E-state index contributed by atoms with van der Waals surface area (Å²) in [4.78, 5) is 0. The Morgan fingerprint density at radius 3 is 1.16 bits per heavy atom. The average molecular weight is 812 g/mol. The van der Waals surface area contributed by atoms with Gasteiger partial charge in [-0.3, -0.25) is 0 Å². The fourth-order valence-corrected chi connectivity index (χ4v) is 10.4. The maximum Gasteiger partial charge on any atom is 0.0541 e. The van der Waals surface area contributed by atoms with E-state index in [1.54, 1.807) is 0 Å². The van der Waals surface area contributed by atoms with Crippen molar-refractivity contribution in [2.45, 2.75) is 6.92 Å². The first kappa shape index (κ1) is 36.4. The predicted octanol–water partition coefficient (Wildman–Crippen LogP) is 17.5. The molecule has 12 aromatic carbocycles. The van der Waals surface area contributed by atoms with Gasteiger partial charge in [-0.05, 0) is 160 Å². The summed E-state index contributed by atoms with van der Waals surface area (Å²) >= 11 is 0. The second-order valence-corrected chi connectivity index (χ2v) is 17.4. The highest BCUT2D eigenvalue weighted by molar-refractivity contribution is 6.22. The molecule has 1 heteroatoms. The van der Waals surface area contributed by atoms with E-state index in [0.29, 0.717) is 0 Å². The number of rotatable bonds is 5.